The van der Waals surface area contributed by atoms with Crippen molar-refractivity contribution in [1.29, 1.82) is 0 Å². The Morgan fingerprint density at radius 2 is 1.96 bits per heavy atom. The van der Waals surface area contributed by atoms with Crippen LogP contribution in [0.15, 0.2) is 33.5 Å². The van der Waals surface area contributed by atoms with E-state index in [4.69, 9.17) is 34.8 Å². The molecule has 0 radical (unpaired) electrons. The fourth-order valence-electron chi connectivity index (χ4n) is 2.15. The molecule has 0 aliphatic carbocycles. The Labute approximate surface area is 172 Å². The Morgan fingerprint density at radius 1 is 1.27 bits per heavy atom. The highest BCUT2D eigenvalue weighted by atomic mass is 35.5. The minimum Gasteiger partial charge on any atom is -0.324 e. The van der Waals surface area contributed by atoms with E-state index in [9.17, 15) is 9.59 Å². The van der Waals surface area contributed by atoms with Crippen LogP contribution in [0.2, 0.25) is 15.1 Å². The third-order valence-electron chi connectivity index (χ3n) is 3.58. The fraction of sp³-hybridized carbons (Fsp3) is 0.188. The van der Waals surface area contributed by atoms with E-state index >= 15 is 0 Å². The summed E-state index contributed by atoms with van der Waals surface area (Å²) in [6.07, 6.45) is 0. The summed E-state index contributed by atoms with van der Waals surface area (Å²) in [7, 11) is 1.63. The standard InChI is InChI=1S/C16H12Cl3N3O2S2/c1-7(13(23)20-12-6-10(18)9(17)5-11(12)19)26-16-21-14-8(3-4-25-14)15(24)22(16)2/h3-7H,1-2H3,(H,20,23). The summed E-state index contributed by atoms with van der Waals surface area (Å²) in [5.41, 5.74) is 0.230. The average Bonchev–Trinajstić information content (AvgIpc) is 3.05. The lowest BCUT2D eigenvalue weighted by molar-refractivity contribution is -0.115. The largest absolute Gasteiger partial charge is 0.324 e. The summed E-state index contributed by atoms with van der Waals surface area (Å²) in [5.74, 6) is -0.296. The summed E-state index contributed by atoms with van der Waals surface area (Å²) in [4.78, 5) is 30.0. The van der Waals surface area contributed by atoms with Crippen molar-refractivity contribution in [2.75, 3.05) is 5.32 Å². The van der Waals surface area contributed by atoms with Gasteiger partial charge in [-0.1, -0.05) is 46.6 Å². The first kappa shape index (κ1) is 19.5. The van der Waals surface area contributed by atoms with Crippen LogP contribution in [0.4, 0.5) is 5.69 Å². The molecular weight excluding hydrogens is 437 g/mol. The minimum atomic E-state index is -0.518. The summed E-state index contributed by atoms with van der Waals surface area (Å²) >= 11 is 20.5. The number of benzene rings is 1. The molecule has 1 atom stereocenters. The number of amides is 1. The lowest BCUT2D eigenvalue weighted by atomic mass is 10.3. The van der Waals surface area contributed by atoms with Crippen LogP contribution in [0, 0.1) is 0 Å². The number of aromatic nitrogens is 2. The van der Waals surface area contributed by atoms with Gasteiger partial charge in [-0.05, 0) is 30.5 Å². The number of rotatable bonds is 4. The molecule has 136 valence electrons. The Balaban J connectivity index is 1.81. The number of anilines is 1. The molecule has 3 rings (SSSR count). The number of nitrogens with zero attached hydrogens (tertiary/aromatic N) is 2. The quantitative estimate of drug-likeness (QED) is 0.344. The maximum absolute atomic E-state index is 12.5. The highest BCUT2D eigenvalue weighted by Crippen LogP contribution is 2.33. The Bertz CT molecular complexity index is 1060. The predicted molar refractivity (Wildman–Crippen MR) is 110 cm³/mol. The molecule has 0 saturated heterocycles. The zero-order valence-electron chi connectivity index (χ0n) is 13.5. The third-order valence-corrected chi connectivity index (χ3v) is 6.57. The predicted octanol–water partition coefficient (Wildman–Crippen LogP) is 5.07. The number of thioether (sulfide) groups is 1. The van der Waals surface area contributed by atoms with E-state index in [1.165, 1.54) is 39.8 Å². The first-order valence-corrected chi connectivity index (χ1v) is 10.2. The van der Waals surface area contributed by atoms with E-state index in [1.54, 1.807) is 20.0 Å². The molecule has 0 spiro atoms. The molecular formula is C16H12Cl3N3O2S2. The average molecular weight is 449 g/mol. The van der Waals surface area contributed by atoms with Crippen LogP contribution in [0.25, 0.3) is 10.2 Å². The molecule has 1 unspecified atom stereocenters. The van der Waals surface area contributed by atoms with Gasteiger partial charge in [-0.15, -0.1) is 11.3 Å². The molecule has 0 fully saturated rings. The van der Waals surface area contributed by atoms with Crippen LogP contribution in [-0.2, 0) is 11.8 Å². The van der Waals surface area contributed by atoms with E-state index in [0.29, 0.717) is 31.1 Å². The maximum atomic E-state index is 12.5. The summed E-state index contributed by atoms with van der Waals surface area (Å²) in [6, 6.07) is 4.70. The number of halogens is 3. The van der Waals surface area contributed by atoms with Crippen molar-refractivity contribution in [3.63, 3.8) is 0 Å². The van der Waals surface area contributed by atoms with E-state index in [2.05, 4.69) is 10.3 Å². The number of hydrogen-bond donors (Lipinski definition) is 1. The number of thiophene rings is 1. The van der Waals surface area contributed by atoms with Gasteiger partial charge in [-0.3, -0.25) is 14.2 Å². The van der Waals surface area contributed by atoms with Gasteiger partial charge in [0, 0.05) is 7.05 Å². The lowest BCUT2D eigenvalue weighted by Crippen LogP contribution is -2.25. The van der Waals surface area contributed by atoms with Crippen LogP contribution in [0.5, 0.6) is 0 Å². The highest BCUT2D eigenvalue weighted by molar-refractivity contribution is 8.00. The molecule has 0 saturated carbocycles. The molecule has 10 heteroatoms. The van der Waals surface area contributed by atoms with Crippen LogP contribution in [0.1, 0.15) is 6.92 Å². The normalized spacial score (nSPS) is 12.3. The molecule has 0 aliphatic rings. The van der Waals surface area contributed by atoms with Crippen molar-refractivity contribution < 1.29 is 4.79 Å². The SMILES string of the molecule is CC(Sc1nc2sccc2c(=O)n1C)C(=O)Nc1cc(Cl)c(Cl)cc1Cl. The van der Waals surface area contributed by atoms with Gasteiger partial charge in [0.2, 0.25) is 5.91 Å². The Morgan fingerprint density at radius 3 is 2.69 bits per heavy atom. The van der Waals surface area contributed by atoms with Crippen molar-refractivity contribution >= 4 is 79.7 Å². The minimum absolute atomic E-state index is 0.140. The van der Waals surface area contributed by atoms with Gasteiger partial charge in [0.25, 0.3) is 5.56 Å². The van der Waals surface area contributed by atoms with Crippen LogP contribution in [0.3, 0.4) is 0 Å². The topological polar surface area (TPSA) is 64.0 Å². The van der Waals surface area contributed by atoms with E-state index in [-0.39, 0.29) is 16.5 Å². The second-order valence-electron chi connectivity index (χ2n) is 5.39. The van der Waals surface area contributed by atoms with Crippen molar-refractivity contribution in [3.05, 3.63) is 49.0 Å². The summed E-state index contributed by atoms with van der Waals surface area (Å²) in [6.45, 7) is 1.72. The number of carbonyl (C=O) groups excluding carboxylic acids is 1. The summed E-state index contributed by atoms with van der Waals surface area (Å²) in [5, 5.41) is 5.94. The van der Waals surface area contributed by atoms with Crippen molar-refractivity contribution in [3.8, 4) is 0 Å². The van der Waals surface area contributed by atoms with Gasteiger partial charge in [0.1, 0.15) is 4.83 Å². The molecule has 3 aromatic rings. The maximum Gasteiger partial charge on any atom is 0.262 e. The van der Waals surface area contributed by atoms with Crippen molar-refractivity contribution in [1.82, 2.24) is 9.55 Å². The van der Waals surface area contributed by atoms with Gasteiger partial charge in [0.05, 0.1) is 31.4 Å². The lowest BCUT2D eigenvalue weighted by Gasteiger charge is -2.14. The molecule has 2 aromatic heterocycles. The molecule has 26 heavy (non-hydrogen) atoms. The number of hydrogen-bond acceptors (Lipinski definition) is 5. The van der Waals surface area contributed by atoms with Gasteiger partial charge in [0.15, 0.2) is 5.16 Å². The smallest absolute Gasteiger partial charge is 0.262 e. The zero-order chi connectivity index (χ0) is 19.0. The van der Waals surface area contributed by atoms with Crippen molar-refractivity contribution in [2.24, 2.45) is 7.05 Å². The number of fused-ring (bicyclic) bond motifs is 1. The first-order chi connectivity index (χ1) is 12.3. The van der Waals surface area contributed by atoms with Crippen LogP contribution >= 0.6 is 57.9 Å². The molecule has 1 aromatic carbocycles. The van der Waals surface area contributed by atoms with E-state index in [0.717, 1.165) is 0 Å². The second-order valence-corrected chi connectivity index (χ2v) is 8.82. The second kappa shape index (κ2) is 7.78. The Kier molecular flexibility index (Phi) is 5.84. The molecule has 0 aliphatic heterocycles. The summed E-state index contributed by atoms with van der Waals surface area (Å²) < 4.78 is 1.44. The fourth-order valence-corrected chi connectivity index (χ4v) is 4.42. The monoisotopic (exact) mass is 447 g/mol. The van der Waals surface area contributed by atoms with Gasteiger partial charge >= 0.3 is 0 Å². The van der Waals surface area contributed by atoms with Gasteiger partial charge < -0.3 is 5.32 Å². The van der Waals surface area contributed by atoms with Crippen LogP contribution < -0.4 is 10.9 Å². The molecule has 2 heterocycles. The molecule has 1 amide bonds. The van der Waals surface area contributed by atoms with Gasteiger partial charge in [-0.25, -0.2) is 4.98 Å². The number of nitrogens with one attached hydrogen (secondary N) is 1. The van der Waals surface area contributed by atoms with Crippen LogP contribution in [-0.4, -0.2) is 20.7 Å². The van der Waals surface area contributed by atoms with Gasteiger partial charge in [-0.2, -0.15) is 0 Å². The molecule has 1 N–H and O–H groups in total. The Hall–Kier alpha value is -1.25. The first-order valence-electron chi connectivity index (χ1n) is 7.34. The van der Waals surface area contributed by atoms with E-state index in [1.807, 2.05) is 5.38 Å². The van der Waals surface area contributed by atoms with Crippen molar-refractivity contribution in [2.45, 2.75) is 17.3 Å². The third kappa shape index (κ3) is 3.87. The van der Waals surface area contributed by atoms with E-state index < -0.39 is 5.25 Å². The zero-order valence-corrected chi connectivity index (χ0v) is 17.4. The highest BCUT2D eigenvalue weighted by Gasteiger charge is 2.20. The molecule has 0 bridgehead atoms. The molecule has 5 nitrogen and oxygen atoms in total. The number of carbonyl (C=O) groups is 1.